The second kappa shape index (κ2) is 6.75. The molecule has 0 unspecified atom stereocenters. The molecule has 0 aromatic heterocycles. The average Bonchev–Trinajstić information content (AvgIpc) is 2.53. The summed E-state index contributed by atoms with van der Waals surface area (Å²) in [6.07, 6.45) is 0.860. The molecule has 0 aliphatic rings. The highest BCUT2D eigenvalue weighted by Crippen LogP contribution is 2.19. The normalized spacial score (nSPS) is 10.1. The number of likely N-dealkylation sites (N-methyl/N-ethyl adjacent to an activating group) is 1. The van der Waals surface area contributed by atoms with Gasteiger partial charge in [-0.15, -0.1) is 0 Å². The molecule has 2 aromatic carbocycles. The number of benzene rings is 2. The maximum absolute atomic E-state index is 11.4. The fraction of sp³-hybridized carbons (Fsp3) is 0.235. The summed E-state index contributed by atoms with van der Waals surface area (Å²) in [6, 6.07) is 18.8. The maximum atomic E-state index is 11.4. The minimum absolute atomic E-state index is 0.0501. The van der Waals surface area contributed by atoms with Gasteiger partial charge in [0.2, 0.25) is 0 Å². The lowest BCUT2D eigenvalue weighted by Crippen LogP contribution is -2.36. The Bertz CT molecular complexity index is 549. The van der Waals surface area contributed by atoms with Crippen LogP contribution in [-0.4, -0.2) is 31.6 Å². The molecule has 0 saturated heterocycles. The van der Waals surface area contributed by atoms with E-state index in [1.165, 1.54) is 16.7 Å². The molecule has 20 heavy (non-hydrogen) atoms. The Labute approximate surface area is 120 Å². The lowest BCUT2D eigenvalue weighted by molar-refractivity contribution is 0.211. The lowest BCUT2D eigenvalue weighted by atomic mass is 10.0. The zero-order chi connectivity index (χ0) is 14.4. The number of carbonyl (C=O) groups excluding carboxylic acids is 1. The highest BCUT2D eigenvalue weighted by molar-refractivity contribution is 5.73. The zero-order valence-corrected chi connectivity index (χ0v) is 12.0. The van der Waals surface area contributed by atoms with Gasteiger partial charge in [0.15, 0.2) is 0 Å². The average molecular weight is 268 g/mol. The smallest absolute Gasteiger partial charge is 0.316 e. The Morgan fingerprint density at radius 2 is 1.60 bits per heavy atom. The molecule has 0 saturated carbocycles. The van der Waals surface area contributed by atoms with Gasteiger partial charge in [0.05, 0.1) is 0 Å². The molecule has 0 atom stereocenters. The van der Waals surface area contributed by atoms with Crippen LogP contribution in [0.4, 0.5) is 4.79 Å². The molecule has 0 spiro atoms. The van der Waals surface area contributed by atoms with E-state index in [2.05, 4.69) is 41.7 Å². The van der Waals surface area contributed by atoms with Crippen LogP contribution in [0.3, 0.4) is 0 Å². The number of hydrogen-bond acceptors (Lipinski definition) is 1. The van der Waals surface area contributed by atoms with Crippen molar-refractivity contribution < 1.29 is 4.79 Å². The summed E-state index contributed by atoms with van der Waals surface area (Å²) in [5.74, 6) is 0. The first kappa shape index (κ1) is 14.1. The van der Waals surface area contributed by atoms with Crippen LogP contribution in [0, 0.1) is 0 Å². The molecule has 3 nitrogen and oxygen atoms in total. The van der Waals surface area contributed by atoms with Crippen molar-refractivity contribution in [2.24, 2.45) is 0 Å². The summed E-state index contributed by atoms with van der Waals surface area (Å²) in [5.41, 5.74) is 3.68. The third-order valence-corrected chi connectivity index (χ3v) is 3.36. The second-order valence-corrected chi connectivity index (χ2v) is 4.79. The minimum atomic E-state index is -0.0501. The molecule has 0 fully saturated rings. The van der Waals surface area contributed by atoms with Gasteiger partial charge in [-0.1, -0.05) is 54.6 Å². The molecule has 3 heteroatoms. The van der Waals surface area contributed by atoms with E-state index in [1.54, 1.807) is 19.0 Å². The second-order valence-electron chi connectivity index (χ2n) is 4.79. The molecule has 2 amide bonds. The first-order valence-corrected chi connectivity index (χ1v) is 6.78. The highest BCUT2D eigenvalue weighted by Gasteiger charge is 2.05. The molecule has 2 rings (SSSR count). The number of nitrogens with zero attached hydrogens (tertiary/aromatic N) is 1. The van der Waals surface area contributed by atoms with Gasteiger partial charge in [0.25, 0.3) is 0 Å². The largest absolute Gasteiger partial charge is 0.341 e. The van der Waals surface area contributed by atoms with Gasteiger partial charge in [-0.05, 0) is 23.1 Å². The van der Waals surface area contributed by atoms with Gasteiger partial charge in [0, 0.05) is 20.6 Å². The minimum Gasteiger partial charge on any atom is -0.341 e. The van der Waals surface area contributed by atoms with Crippen LogP contribution in [-0.2, 0) is 6.42 Å². The first-order valence-electron chi connectivity index (χ1n) is 6.78. The van der Waals surface area contributed by atoms with Crippen molar-refractivity contribution in [3.05, 3.63) is 60.2 Å². The van der Waals surface area contributed by atoms with Crippen molar-refractivity contribution in [3.63, 3.8) is 0 Å². The van der Waals surface area contributed by atoms with Crippen molar-refractivity contribution in [1.82, 2.24) is 10.2 Å². The number of nitrogens with one attached hydrogen (secondary N) is 1. The van der Waals surface area contributed by atoms with Crippen LogP contribution in [0.2, 0.25) is 0 Å². The molecule has 0 heterocycles. The van der Waals surface area contributed by atoms with Crippen LogP contribution < -0.4 is 5.32 Å². The Balaban J connectivity index is 1.97. The fourth-order valence-electron chi connectivity index (χ4n) is 2.08. The predicted octanol–water partition coefficient (Wildman–Crippen LogP) is 3.17. The standard InChI is InChI=1S/C17H20N2O/c1-18-17(20)19(2)13-12-14-8-10-16(11-9-14)15-6-4-3-5-7-15/h3-11H,12-13H2,1-2H3,(H,18,20). The Hall–Kier alpha value is -2.29. The van der Waals surface area contributed by atoms with Crippen molar-refractivity contribution in [3.8, 4) is 11.1 Å². The van der Waals surface area contributed by atoms with Gasteiger partial charge in [-0.3, -0.25) is 0 Å². The van der Waals surface area contributed by atoms with Crippen LogP contribution in [0.15, 0.2) is 54.6 Å². The molecule has 1 N–H and O–H groups in total. The summed E-state index contributed by atoms with van der Waals surface area (Å²) in [4.78, 5) is 13.1. The molecule has 0 aliphatic carbocycles. The topological polar surface area (TPSA) is 32.3 Å². The lowest BCUT2D eigenvalue weighted by Gasteiger charge is -2.16. The Morgan fingerprint density at radius 3 is 2.20 bits per heavy atom. The van der Waals surface area contributed by atoms with E-state index in [-0.39, 0.29) is 6.03 Å². The van der Waals surface area contributed by atoms with Crippen molar-refractivity contribution in [2.45, 2.75) is 6.42 Å². The molecular weight excluding hydrogens is 248 g/mol. The van der Waals surface area contributed by atoms with E-state index in [4.69, 9.17) is 0 Å². The van der Waals surface area contributed by atoms with Gasteiger partial charge >= 0.3 is 6.03 Å². The molecule has 0 radical (unpaired) electrons. The van der Waals surface area contributed by atoms with E-state index in [0.29, 0.717) is 6.54 Å². The summed E-state index contributed by atoms with van der Waals surface area (Å²) in [7, 11) is 3.45. The highest BCUT2D eigenvalue weighted by atomic mass is 16.2. The third kappa shape index (κ3) is 3.60. The monoisotopic (exact) mass is 268 g/mol. The summed E-state index contributed by atoms with van der Waals surface area (Å²) in [6.45, 7) is 0.713. The van der Waals surface area contributed by atoms with Crippen LogP contribution in [0.25, 0.3) is 11.1 Å². The molecule has 0 bridgehead atoms. The van der Waals surface area contributed by atoms with Crippen LogP contribution in [0.5, 0.6) is 0 Å². The third-order valence-electron chi connectivity index (χ3n) is 3.36. The van der Waals surface area contributed by atoms with E-state index >= 15 is 0 Å². The Kier molecular flexibility index (Phi) is 4.77. The SMILES string of the molecule is CNC(=O)N(C)CCc1ccc(-c2ccccc2)cc1. The van der Waals surface area contributed by atoms with Crippen LogP contribution >= 0.6 is 0 Å². The van der Waals surface area contributed by atoms with Gasteiger partial charge in [-0.2, -0.15) is 0 Å². The number of amides is 2. The van der Waals surface area contributed by atoms with E-state index in [1.807, 2.05) is 18.2 Å². The summed E-state index contributed by atoms with van der Waals surface area (Å²) >= 11 is 0. The van der Waals surface area contributed by atoms with Crippen molar-refractivity contribution >= 4 is 6.03 Å². The van der Waals surface area contributed by atoms with E-state index < -0.39 is 0 Å². The van der Waals surface area contributed by atoms with E-state index in [9.17, 15) is 4.79 Å². The Morgan fingerprint density at radius 1 is 1.00 bits per heavy atom. The number of carbonyl (C=O) groups is 1. The fourth-order valence-corrected chi connectivity index (χ4v) is 2.08. The zero-order valence-electron chi connectivity index (χ0n) is 12.0. The maximum Gasteiger partial charge on any atom is 0.316 e. The van der Waals surface area contributed by atoms with Gasteiger partial charge in [0.1, 0.15) is 0 Å². The number of urea groups is 1. The van der Waals surface area contributed by atoms with Gasteiger partial charge < -0.3 is 10.2 Å². The van der Waals surface area contributed by atoms with E-state index in [0.717, 1.165) is 6.42 Å². The quantitative estimate of drug-likeness (QED) is 0.907. The summed E-state index contributed by atoms with van der Waals surface area (Å²) in [5, 5.41) is 2.62. The predicted molar refractivity (Wildman–Crippen MR) is 82.7 cm³/mol. The molecule has 2 aromatic rings. The van der Waals surface area contributed by atoms with Crippen LogP contribution in [0.1, 0.15) is 5.56 Å². The first-order chi connectivity index (χ1) is 9.70. The summed E-state index contributed by atoms with van der Waals surface area (Å²) < 4.78 is 0. The van der Waals surface area contributed by atoms with Crippen molar-refractivity contribution in [2.75, 3.05) is 20.6 Å². The van der Waals surface area contributed by atoms with Gasteiger partial charge in [-0.25, -0.2) is 4.79 Å². The number of rotatable bonds is 4. The molecule has 0 aliphatic heterocycles. The molecular formula is C17H20N2O. The van der Waals surface area contributed by atoms with Crippen molar-refractivity contribution in [1.29, 1.82) is 0 Å². The number of hydrogen-bond donors (Lipinski definition) is 1. The molecule has 104 valence electrons.